The maximum atomic E-state index is 12.7. The third kappa shape index (κ3) is 4.43. The lowest BCUT2D eigenvalue weighted by Crippen LogP contribution is -2.23. The Kier molecular flexibility index (Phi) is 6.37. The van der Waals surface area contributed by atoms with Gasteiger partial charge in [-0.15, -0.1) is 0 Å². The quantitative estimate of drug-likeness (QED) is 0.651. The minimum atomic E-state index is -0.271. The van der Waals surface area contributed by atoms with Gasteiger partial charge in [0.05, 0.1) is 23.1 Å². The van der Waals surface area contributed by atoms with Crippen molar-refractivity contribution in [3.05, 3.63) is 34.6 Å². The number of rotatable bonds is 6. The Bertz CT molecular complexity index is 831. The molecule has 1 fully saturated rings. The van der Waals surface area contributed by atoms with Gasteiger partial charge in [-0.2, -0.15) is 0 Å². The number of methoxy groups -OCH3 is 1. The van der Waals surface area contributed by atoms with Crippen LogP contribution in [0, 0.1) is 13.8 Å². The largest absolute Gasteiger partial charge is 0.495 e. The van der Waals surface area contributed by atoms with E-state index in [-0.39, 0.29) is 11.2 Å². The van der Waals surface area contributed by atoms with E-state index in [4.69, 9.17) is 21.3 Å². The summed E-state index contributed by atoms with van der Waals surface area (Å²) in [4.78, 5) is 17.4. The van der Waals surface area contributed by atoms with Crippen LogP contribution >= 0.6 is 23.4 Å². The summed E-state index contributed by atoms with van der Waals surface area (Å²) in [5.41, 5.74) is 2.91. The number of hydrogen-bond donors (Lipinski definition) is 1. The Balaban J connectivity index is 1.71. The van der Waals surface area contributed by atoms with Crippen molar-refractivity contribution in [3.8, 4) is 5.75 Å². The fourth-order valence-electron chi connectivity index (χ4n) is 3.47. The maximum absolute atomic E-state index is 12.7. The normalized spacial score (nSPS) is 15.7. The monoisotopic (exact) mass is 407 g/mol. The molecular formula is C20H26ClN3O2S. The van der Waals surface area contributed by atoms with Gasteiger partial charge < -0.3 is 14.6 Å². The summed E-state index contributed by atoms with van der Waals surface area (Å²) in [5.74, 6) is 0.513. The molecule has 0 spiro atoms. The van der Waals surface area contributed by atoms with Crippen molar-refractivity contribution in [2.45, 2.75) is 62.9 Å². The van der Waals surface area contributed by atoms with E-state index in [0.29, 0.717) is 22.5 Å². The second-order valence-corrected chi connectivity index (χ2v) is 8.69. The fraction of sp³-hybridized carbons (Fsp3) is 0.500. The number of imidazole rings is 1. The van der Waals surface area contributed by atoms with Gasteiger partial charge in [0.2, 0.25) is 5.91 Å². The molecule has 1 amide bonds. The van der Waals surface area contributed by atoms with E-state index in [1.54, 1.807) is 25.3 Å². The van der Waals surface area contributed by atoms with E-state index in [2.05, 4.69) is 16.8 Å². The molecule has 7 heteroatoms. The van der Waals surface area contributed by atoms with E-state index >= 15 is 0 Å². The van der Waals surface area contributed by atoms with Crippen molar-refractivity contribution in [1.29, 1.82) is 0 Å². The number of nitrogens with zero attached hydrogens (tertiary/aromatic N) is 2. The van der Waals surface area contributed by atoms with Gasteiger partial charge in [-0.25, -0.2) is 4.98 Å². The minimum Gasteiger partial charge on any atom is -0.495 e. The summed E-state index contributed by atoms with van der Waals surface area (Å²) in [5, 5.41) is 4.06. The summed E-state index contributed by atoms with van der Waals surface area (Å²) >= 11 is 7.65. The number of aryl methyl sites for hydroxylation is 1. The first-order valence-corrected chi connectivity index (χ1v) is 10.5. The van der Waals surface area contributed by atoms with E-state index < -0.39 is 0 Å². The topological polar surface area (TPSA) is 56.1 Å². The molecule has 1 N–H and O–H groups in total. The van der Waals surface area contributed by atoms with Gasteiger partial charge in [0, 0.05) is 17.4 Å². The molecule has 1 aliphatic rings. The molecule has 0 aliphatic heterocycles. The minimum absolute atomic E-state index is 0.0717. The van der Waals surface area contributed by atoms with Crippen molar-refractivity contribution >= 4 is 35.0 Å². The van der Waals surface area contributed by atoms with Crippen molar-refractivity contribution in [2.75, 3.05) is 12.4 Å². The number of carbonyl (C=O) groups excluding carboxylic acids is 1. The van der Waals surface area contributed by atoms with Crippen LogP contribution < -0.4 is 10.1 Å². The predicted molar refractivity (Wildman–Crippen MR) is 111 cm³/mol. The molecule has 1 aliphatic carbocycles. The highest BCUT2D eigenvalue weighted by molar-refractivity contribution is 8.00. The van der Waals surface area contributed by atoms with Gasteiger partial charge in [-0.1, -0.05) is 36.2 Å². The molecule has 3 rings (SSSR count). The second-order valence-electron chi connectivity index (χ2n) is 6.97. The average Bonchev–Trinajstić information content (AvgIpc) is 3.24. The first-order valence-electron chi connectivity index (χ1n) is 9.27. The Morgan fingerprint density at radius 1 is 1.37 bits per heavy atom. The number of hydrogen-bond acceptors (Lipinski definition) is 4. The lowest BCUT2D eigenvalue weighted by Gasteiger charge is -2.19. The Labute approximate surface area is 169 Å². The van der Waals surface area contributed by atoms with Crippen molar-refractivity contribution in [1.82, 2.24) is 9.55 Å². The van der Waals surface area contributed by atoms with Crippen molar-refractivity contribution < 1.29 is 9.53 Å². The first-order chi connectivity index (χ1) is 12.9. The summed E-state index contributed by atoms with van der Waals surface area (Å²) in [7, 11) is 1.56. The van der Waals surface area contributed by atoms with Gasteiger partial charge in [0.15, 0.2) is 5.16 Å². The van der Waals surface area contributed by atoms with Gasteiger partial charge in [0.1, 0.15) is 5.75 Å². The van der Waals surface area contributed by atoms with Crippen LogP contribution in [0.15, 0.2) is 23.4 Å². The number of amides is 1. The number of benzene rings is 1. The highest BCUT2D eigenvalue weighted by atomic mass is 35.5. The molecule has 1 heterocycles. The number of carbonyl (C=O) groups is 1. The third-order valence-electron chi connectivity index (χ3n) is 5.11. The summed E-state index contributed by atoms with van der Waals surface area (Å²) in [6.45, 7) is 6.06. The third-order valence-corrected chi connectivity index (χ3v) is 6.48. The zero-order chi connectivity index (χ0) is 19.6. The van der Waals surface area contributed by atoms with Gasteiger partial charge in [0.25, 0.3) is 0 Å². The zero-order valence-corrected chi connectivity index (χ0v) is 17.8. The van der Waals surface area contributed by atoms with Crippen LogP contribution in [0.1, 0.15) is 50.0 Å². The predicted octanol–water partition coefficient (Wildman–Crippen LogP) is 5.40. The van der Waals surface area contributed by atoms with Crippen LogP contribution in [0.25, 0.3) is 0 Å². The molecule has 1 atom stereocenters. The Morgan fingerprint density at radius 2 is 2.07 bits per heavy atom. The fourth-order valence-corrected chi connectivity index (χ4v) is 4.80. The van der Waals surface area contributed by atoms with Crippen LogP contribution in [0.3, 0.4) is 0 Å². The molecule has 1 aromatic carbocycles. The number of aromatic nitrogens is 2. The molecule has 27 heavy (non-hydrogen) atoms. The highest BCUT2D eigenvalue weighted by Crippen LogP contribution is 2.36. The summed E-state index contributed by atoms with van der Waals surface area (Å²) in [6, 6.07) is 5.73. The van der Waals surface area contributed by atoms with E-state index in [9.17, 15) is 4.79 Å². The van der Waals surface area contributed by atoms with Gasteiger partial charge in [-0.3, -0.25) is 4.79 Å². The number of ether oxygens (including phenoxy) is 1. The maximum Gasteiger partial charge on any atom is 0.237 e. The summed E-state index contributed by atoms with van der Waals surface area (Å²) < 4.78 is 7.48. The van der Waals surface area contributed by atoms with E-state index in [1.165, 1.54) is 43.1 Å². The number of anilines is 1. The lowest BCUT2D eigenvalue weighted by atomic mass is 10.2. The smallest absolute Gasteiger partial charge is 0.237 e. The first kappa shape index (κ1) is 20.1. The number of halogens is 1. The van der Waals surface area contributed by atoms with Crippen LogP contribution in [-0.2, 0) is 4.79 Å². The second kappa shape index (κ2) is 8.57. The van der Waals surface area contributed by atoms with Crippen LogP contribution in [0.2, 0.25) is 5.02 Å². The van der Waals surface area contributed by atoms with E-state index in [0.717, 1.165) is 10.9 Å². The van der Waals surface area contributed by atoms with Gasteiger partial charge in [-0.05, 0) is 51.8 Å². The molecule has 1 unspecified atom stereocenters. The molecule has 146 valence electrons. The molecular weight excluding hydrogens is 382 g/mol. The molecule has 2 aromatic rings. The Morgan fingerprint density at radius 3 is 2.70 bits per heavy atom. The molecule has 0 radical (unpaired) electrons. The van der Waals surface area contributed by atoms with Crippen LogP contribution in [0.4, 0.5) is 5.69 Å². The number of nitrogens with one attached hydrogen (secondary N) is 1. The zero-order valence-electron chi connectivity index (χ0n) is 16.2. The number of thioether (sulfide) groups is 1. The Hall–Kier alpha value is -1.66. The van der Waals surface area contributed by atoms with Crippen LogP contribution in [-0.4, -0.2) is 27.8 Å². The molecule has 1 saturated carbocycles. The lowest BCUT2D eigenvalue weighted by molar-refractivity contribution is -0.115. The van der Waals surface area contributed by atoms with Gasteiger partial charge >= 0.3 is 0 Å². The van der Waals surface area contributed by atoms with Crippen molar-refractivity contribution in [3.63, 3.8) is 0 Å². The SMILES string of the molecule is COc1ccc(NC(=O)C(C)Sc2nc(C)c(C)n2C2CCCC2)cc1Cl. The van der Waals surface area contributed by atoms with Crippen molar-refractivity contribution in [2.24, 2.45) is 0 Å². The molecule has 0 saturated heterocycles. The highest BCUT2D eigenvalue weighted by Gasteiger charge is 2.25. The molecule has 1 aromatic heterocycles. The molecule has 5 nitrogen and oxygen atoms in total. The van der Waals surface area contributed by atoms with Crippen LogP contribution in [0.5, 0.6) is 5.75 Å². The average molecular weight is 408 g/mol. The van der Waals surface area contributed by atoms with E-state index in [1.807, 2.05) is 13.8 Å². The standard InChI is InChI=1S/C20H26ClN3O2S/c1-12-13(2)24(16-7-5-6-8-16)20(22-12)27-14(3)19(25)23-15-9-10-18(26-4)17(21)11-15/h9-11,14,16H,5-8H2,1-4H3,(H,23,25). The molecule has 0 bridgehead atoms. The summed E-state index contributed by atoms with van der Waals surface area (Å²) in [6.07, 6.45) is 4.91.